The second kappa shape index (κ2) is 5.27. The maximum absolute atomic E-state index is 11.9. The van der Waals surface area contributed by atoms with Crippen molar-refractivity contribution in [2.75, 3.05) is 5.32 Å². The second-order valence-electron chi connectivity index (χ2n) is 4.06. The molecule has 3 heteroatoms. The van der Waals surface area contributed by atoms with Crippen molar-refractivity contribution in [2.24, 2.45) is 0 Å². The monoisotopic (exact) mass is 239 g/mol. The molecule has 0 saturated heterocycles. The van der Waals surface area contributed by atoms with E-state index in [4.69, 9.17) is 0 Å². The molecule has 2 aromatic carbocycles. The number of anilines is 1. The fourth-order valence-corrected chi connectivity index (χ4v) is 1.59. The molecule has 0 heterocycles. The van der Waals surface area contributed by atoms with Gasteiger partial charge in [-0.1, -0.05) is 29.8 Å². The summed E-state index contributed by atoms with van der Waals surface area (Å²) in [5.41, 5.74) is 2.84. The van der Waals surface area contributed by atoms with E-state index in [0.717, 1.165) is 17.5 Å². The van der Waals surface area contributed by atoms with Crippen LogP contribution in [-0.2, 0) is 0 Å². The Bertz CT molecular complexity index is 573. The molecule has 2 rings (SSSR count). The molecule has 0 fully saturated rings. The van der Waals surface area contributed by atoms with E-state index in [-0.39, 0.29) is 5.91 Å². The van der Waals surface area contributed by atoms with Crippen LogP contribution in [0.5, 0.6) is 0 Å². The van der Waals surface area contributed by atoms with Crippen LogP contribution in [0, 0.1) is 6.92 Å². The van der Waals surface area contributed by atoms with E-state index in [2.05, 4.69) is 5.32 Å². The number of nitrogens with one attached hydrogen (secondary N) is 1. The van der Waals surface area contributed by atoms with Gasteiger partial charge in [-0.05, 0) is 31.2 Å². The van der Waals surface area contributed by atoms with Gasteiger partial charge in [0.15, 0.2) is 0 Å². The Morgan fingerprint density at radius 2 is 1.83 bits per heavy atom. The number of hydrogen-bond acceptors (Lipinski definition) is 2. The number of carbonyl (C=O) groups is 2. The van der Waals surface area contributed by atoms with E-state index in [1.165, 1.54) is 0 Å². The average Bonchev–Trinajstić information content (AvgIpc) is 2.41. The summed E-state index contributed by atoms with van der Waals surface area (Å²) in [6.45, 7) is 1.99. The summed E-state index contributed by atoms with van der Waals surface area (Å²) < 4.78 is 0. The largest absolute Gasteiger partial charge is 0.322 e. The Hall–Kier alpha value is -2.42. The number of amides is 1. The maximum atomic E-state index is 11.9. The minimum atomic E-state index is -0.220. The molecule has 90 valence electrons. The average molecular weight is 239 g/mol. The predicted octanol–water partition coefficient (Wildman–Crippen LogP) is 3.06. The van der Waals surface area contributed by atoms with Crippen LogP contribution in [0.1, 0.15) is 26.3 Å². The standard InChI is InChI=1S/C15H13NO2/c1-11-5-7-14(8-6-11)16-15(18)13-4-2-3-12(9-13)10-17/h2-10H,1H3,(H,16,18). The molecule has 0 radical (unpaired) electrons. The van der Waals surface area contributed by atoms with Crippen LogP contribution in [0.3, 0.4) is 0 Å². The number of hydrogen-bond donors (Lipinski definition) is 1. The van der Waals surface area contributed by atoms with Crippen molar-refractivity contribution in [3.8, 4) is 0 Å². The highest BCUT2D eigenvalue weighted by Gasteiger charge is 2.06. The molecule has 0 saturated carbocycles. The summed E-state index contributed by atoms with van der Waals surface area (Å²) in [6, 6.07) is 14.1. The van der Waals surface area contributed by atoms with E-state index < -0.39 is 0 Å². The maximum Gasteiger partial charge on any atom is 0.255 e. The van der Waals surface area contributed by atoms with Crippen molar-refractivity contribution < 1.29 is 9.59 Å². The van der Waals surface area contributed by atoms with Crippen LogP contribution in [0.2, 0.25) is 0 Å². The lowest BCUT2D eigenvalue weighted by molar-refractivity contribution is 0.102. The number of rotatable bonds is 3. The molecule has 0 unspecified atom stereocenters. The Kier molecular flexibility index (Phi) is 3.53. The molecular formula is C15H13NO2. The van der Waals surface area contributed by atoms with Crippen molar-refractivity contribution >= 4 is 17.9 Å². The van der Waals surface area contributed by atoms with Gasteiger partial charge in [0, 0.05) is 16.8 Å². The third-order valence-electron chi connectivity index (χ3n) is 2.59. The zero-order valence-corrected chi connectivity index (χ0v) is 10.0. The lowest BCUT2D eigenvalue weighted by Gasteiger charge is -2.05. The molecular weight excluding hydrogens is 226 g/mol. The lowest BCUT2D eigenvalue weighted by atomic mass is 10.1. The first kappa shape index (κ1) is 12.0. The first-order valence-corrected chi connectivity index (χ1v) is 5.62. The summed E-state index contributed by atoms with van der Waals surface area (Å²) >= 11 is 0. The minimum absolute atomic E-state index is 0.220. The number of aryl methyl sites for hydroxylation is 1. The summed E-state index contributed by atoms with van der Waals surface area (Å²) in [5, 5.41) is 2.78. The van der Waals surface area contributed by atoms with Crippen LogP contribution >= 0.6 is 0 Å². The van der Waals surface area contributed by atoms with E-state index in [1.807, 2.05) is 31.2 Å². The SMILES string of the molecule is Cc1ccc(NC(=O)c2cccc(C=O)c2)cc1. The Morgan fingerprint density at radius 1 is 1.11 bits per heavy atom. The molecule has 0 bridgehead atoms. The third kappa shape index (κ3) is 2.83. The highest BCUT2D eigenvalue weighted by Crippen LogP contribution is 2.11. The lowest BCUT2D eigenvalue weighted by Crippen LogP contribution is -2.12. The van der Waals surface area contributed by atoms with Crippen LogP contribution < -0.4 is 5.32 Å². The summed E-state index contributed by atoms with van der Waals surface area (Å²) in [7, 11) is 0. The quantitative estimate of drug-likeness (QED) is 0.837. The normalized spacial score (nSPS) is 9.83. The third-order valence-corrected chi connectivity index (χ3v) is 2.59. The molecule has 18 heavy (non-hydrogen) atoms. The van der Waals surface area contributed by atoms with E-state index in [0.29, 0.717) is 11.1 Å². The first-order chi connectivity index (χ1) is 8.69. The Balaban J connectivity index is 2.16. The van der Waals surface area contributed by atoms with Crippen molar-refractivity contribution in [3.05, 3.63) is 65.2 Å². The molecule has 3 nitrogen and oxygen atoms in total. The fraction of sp³-hybridized carbons (Fsp3) is 0.0667. The van der Waals surface area contributed by atoms with Gasteiger partial charge < -0.3 is 5.32 Å². The molecule has 0 aliphatic rings. The zero-order chi connectivity index (χ0) is 13.0. The predicted molar refractivity (Wildman–Crippen MR) is 71.0 cm³/mol. The van der Waals surface area contributed by atoms with Gasteiger partial charge in [-0.15, -0.1) is 0 Å². The highest BCUT2D eigenvalue weighted by molar-refractivity contribution is 6.05. The van der Waals surface area contributed by atoms with Crippen LogP contribution in [0.25, 0.3) is 0 Å². The number of carbonyl (C=O) groups excluding carboxylic acids is 2. The molecule has 1 amide bonds. The van der Waals surface area contributed by atoms with E-state index in [9.17, 15) is 9.59 Å². The summed E-state index contributed by atoms with van der Waals surface area (Å²) in [5.74, 6) is -0.220. The van der Waals surface area contributed by atoms with Gasteiger partial charge >= 0.3 is 0 Å². The van der Waals surface area contributed by atoms with Crippen LogP contribution in [-0.4, -0.2) is 12.2 Å². The highest BCUT2D eigenvalue weighted by atomic mass is 16.1. The fourth-order valence-electron chi connectivity index (χ4n) is 1.59. The molecule has 0 atom stereocenters. The van der Waals surface area contributed by atoms with E-state index >= 15 is 0 Å². The van der Waals surface area contributed by atoms with Gasteiger partial charge in [-0.2, -0.15) is 0 Å². The molecule has 0 aliphatic heterocycles. The Labute approximate surface area is 105 Å². The molecule has 0 aromatic heterocycles. The topological polar surface area (TPSA) is 46.2 Å². The molecule has 2 aromatic rings. The van der Waals surface area contributed by atoms with Gasteiger partial charge in [-0.3, -0.25) is 9.59 Å². The summed E-state index contributed by atoms with van der Waals surface area (Å²) in [6.07, 6.45) is 0.725. The number of aldehydes is 1. The van der Waals surface area contributed by atoms with Gasteiger partial charge in [0.1, 0.15) is 6.29 Å². The zero-order valence-electron chi connectivity index (χ0n) is 10.0. The van der Waals surface area contributed by atoms with Crippen LogP contribution in [0.15, 0.2) is 48.5 Å². The van der Waals surface area contributed by atoms with Crippen LogP contribution in [0.4, 0.5) is 5.69 Å². The van der Waals surface area contributed by atoms with Crippen molar-refractivity contribution in [1.29, 1.82) is 0 Å². The molecule has 0 aliphatic carbocycles. The smallest absolute Gasteiger partial charge is 0.255 e. The summed E-state index contributed by atoms with van der Waals surface area (Å²) in [4.78, 5) is 22.6. The van der Waals surface area contributed by atoms with Crippen molar-refractivity contribution in [1.82, 2.24) is 0 Å². The van der Waals surface area contributed by atoms with Gasteiger partial charge in [0.25, 0.3) is 5.91 Å². The Morgan fingerprint density at radius 3 is 2.50 bits per heavy atom. The van der Waals surface area contributed by atoms with Gasteiger partial charge in [0.2, 0.25) is 0 Å². The second-order valence-corrected chi connectivity index (χ2v) is 4.06. The molecule has 0 spiro atoms. The van der Waals surface area contributed by atoms with Gasteiger partial charge in [-0.25, -0.2) is 0 Å². The van der Waals surface area contributed by atoms with Crippen molar-refractivity contribution in [3.63, 3.8) is 0 Å². The first-order valence-electron chi connectivity index (χ1n) is 5.62. The molecule has 1 N–H and O–H groups in total. The van der Waals surface area contributed by atoms with Crippen molar-refractivity contribution in [2.45, 2.75) is 6.92 Å². The number of benzene rings is 2. The minimum Gasteiger partial charge on any atom is -0.322 e. The van der Waals surface area contributed by atoms with E-state index in [1.54, 1.807) is 24.3 Å². The van der Waals surface area contributed by atoms with Gasteiger partial charge in [0.05, 0.1) is 0 Å².